The third kappa shape index (κ3) is 4.18. The van der Waals surface area contributed by atoms with Crippen LogP contribution in [0.1, 0.15) is 37.2 Å². The molecule has 0 amide bonds. The third-order valence-corrected chi connectivity index (χ3v) is 3.32. The smallest absolute Gasteiger partial charge is 0.360 e. The summed E-state index contributed by atoms with van der Waals surface area (Å²) in [6, 6.07) is 6.59. The summed E-state index contributed by atoms with van der Waals surface area (Å²) in [5.74, 6) is -1.04. The van der Waals surface area contributed by atoms with E-state index in [1.165, 1.54) is 30.3 Å². The van der Waals surface area contributed by atoms with Crippen molar-refractivity contribution in [1.82, 2.24) is 9.78 Å². The molecule has 1 heterocycles. The molecule has 2 aromatic rings. The standard InChI is InChI=1S/C17H20FN3O3/c1-3-5-10-19-14-11-15(22)21(13-8-6-12(18)7-9-13)20-16(14)17(23)24-4-2/h6-9,11,19H,3-5,10H2,1-2H3. The Hall–Kier alpha value is -2.70. The van der Waals surface area contributed by atoms with Crippen LogP contribution in [0.3, 0.4) is 0 Å². The van der Waals surface area contributed by atoms with Crippen molar-refractivity contribution in [2.75, 3.05) is 18.5 Å². The van der Waals surface area contributed by atoms with Crippen molar-refractivity contribution in [3.63, 3.8) is 0 Å². The average Bonchev–Trinajstić information content (AvgIpc) is 2.56. The van der Waals surface area contributed by atoms with E-state index in [2.05, 4.69) is 10.4 Å². The normalized spacial score (nSPS) is 10.5. The van der Waals surface area contributed by atoms with Crippen LogP contribution in [0.15, 0.2) is 35.1 Å². The molecule has 1 aromatic heterocycles. The molecule has 0 bridgehead atoms. The van der Waals surface area contributed by atoms with Gasteiger partial charge in [-0.25, -0.2) is 9.18 Å². The topological polar surface area (TPSA) is 73.2 Å². The highest BCUT2D eigenvalue weighted by Crippen LogP contribution is 2.14. The van der Waals surface area contributed by atoms with Crippen LogP contribution in [0.2, 0.25) is 0 Å². The molecule has 6 nitrogen and oxygen atoms in total. The van der Waals surface area contributed by atoms with Crippen LogP contribution >= 0.6 is 0 Å². The maximum Gasteiger partial charge on any atom is 0.360 e. The largest absolute Gasteiger partial charge is 0.461 e. The fourth-order valence-electron chi connectivity index (χ4n) is 2.11. The minimum Gasteiger partial charge on any atom is -0.461 e. The van der Waals surface area contributed by atoms with Gasteiger partial charge in [0.2, 0.25) is 0 Å². The summed E-state index contributed by atoms with van der Waals surface area (Å²) in [6.45, 7) is 4.55. The van der Waals surface area contributed by atoms with Gasteiger partial charge in [-0.15, -0.1) is 0 Å². The lowest BCUT2D eigenvalue weighted by molar-refractivity contribution is 0.0518. The van der Waals surface area contributed by atoms with Crippen LogP contribution in [0, 0.1) is 5.82 Å². The Kier molecular flexibility index (Phi) is 6.06. The van der Waals surface area contributed by atoms with Crippen molar-refractivity contribution in [3.05, 3.63) is 52.2 Å². The van der Waals surface area contributed by atoms with Crippen molar-refractivity contribution < 1.29 is 13.9 Å². The zero-order chi connectivity index (χ0) is 17.5. The summed E-state index contributed by atoms with van der Waals surface area (Å²) >= 11 is 0. The predicted molar refractivity (Wildman–Crippen MR) is 89.1 cm³/mol. The molecule has 24 heavy (non-hydrogen) atoms. The van der Waals surface area contributed by atoms with Gasteiger partial charge in [0.05, 0.1) is 18.0 Å². The second-order valence-electron chi connectivity index (χ2n) is 5.13. The number of carbonyl (C=O) groups is 1. The van der Waals surface area contributed by atoms with Crippen molar-refractivity contribution >= 4 is 11.7 Å². The van der Waals surface area contributed by atoms with Gasteiger partial charge in [-0.05, 0) is 37.6 Å². The van der Waals surface area contributed by atoms with Crippen LogP contribution in [-0.2, 0) is 4.74 Å². The zero-order valence-corrected chi connectivity index (χ0v) is 13.7. The van der Waals surface area contributed by atoms with Gasteiger partial charge in [-0.2, -0.15) is 9.78 Å². The number of hydrogen-bond donors (Lipinski definition) is 1. The molecular formula is C17H20FN3O3. The SMILES string of the molecule is CCCCNc1cc(=O)n(-c2ccc(F)cc2)nc1C(=O)OCC. The monoisotopic (exact) mass is 333 g/mol. The molecular weight excluding hydrogens is 313 g/mol. The van der Waals surface area contributed by atoms with Crippen molar-refractivity contribution in [1.29, 1.82) is 0 Å². The van der Waals surface area contributed by atoms with Gasteiger partial charge in [-0.3, -0.25) is 4.79 Å². The molecule has 1 aromatic carbocycles. The van der Waals surface area contributed by atoms with Gasteiger partial charge in [-0.1, -0.05) is 13.3 Å². The maximum atomic E-state index is 13.1. The van der Waals surface area contributed by atoms with Gasteiger partial charge in [0.1, 0.15) is 5.82 Å². The molecule has 7 heteroatoms. The van der Waals surface area contributed by atoms with E-state index in [1.54, 1.807) is 6.92 Å². The Bertz CT molecular complexity index is 757. The molecule has 0 saturated carbocycles. The number of hydrogen-bond acceptors (Lipinski definition) is 5. The molecule has 0 unspecified atom stereocenters. The van der Waals surface area contributed by atoms with E-state index in [-0.39, 0.29) is 12.3 Å². The van der Waals surface area contributed by atoms with Crippen LogP contribution in [0.25, 0.3) is 5.69 Å². The van der Waals surface area contributed by atoms with E-state index in [9.17, 15) is 14.0 Å². The quantitative estimate of drug-likeness (QED) is 0.623. The fourth-order valence-corrected chi connectivity index (χ4v) is 2.11. The van der Waals surface area contributed by atoms with Crippen molar-refractivity contribution in [2.24, 2.45) is 0 Å². The van der Waals surface area contributed by atoms with Crippen LogP contribution < -0.4 is 10.9 Å². The average molecular weight is 333 g/mol. The summed E-state index contributed by atoms with van der Waals surface area (Å²) in [5, 5.41) is 7.16. The molecule has 0 aliphatic rings. The highest BCUT2D eigenvalue weighted by atomic mass is 19.1. The van der Waals surface area contributed by atoms with Gasteiger partial charge in [0, 0.05) is 12.6 Å². The first kappa shape index (κ1) is 17.7. The number of benzene rings is 1. The Labute approximate surface area is 139 Å². The van der Waals surface area contributed by atoms with Gasteiger partial charge < -0.3 is 10.1 Å². The lowest BCUT2D eigenvalue weighted by Gasteiger charge is -2.12. The Morgan fingerprint density at radius 2 is 2.00 bits per heavy atom. The number of carbonyl (C=O) groups excluding carboxylic acids is 1. The molecule has 0 atom stereocenters. The Morgan fingerprint density at radius 3 is 2.62 bits per heavy atom. The second kappa shape index (κ2) is 8.24. The molecule has 1 N–H and O–H groups in total. The van der Waals surface area contributed by atoms with Gasteiger partial charge >= 0.3 is 5.97 Å². The minimum atomic E-state index is -0.618. The molecule has 128 valence electrons. The summed E-state index contributed by atoms with van der Waals surface area (Å²) in [6.07, 6.45) is 1.87. The summed E-state index contributed by atoms with van der Waals surface area (Å²) < 4.78 is 19.1. The number of anilines is 1. The fraction of sp³-hybridized carbons (Fsp3) is 0.353. The predicted octanol–water partition coefficient (Wildman–Crippen LogP) is 2.76. The van der Waals surface area contributed by atoms with Crippen LogP contribution in [0.5, 0.6) is 0 Å². The molecule has 2 rings (SSSR count). The summed E-state index contributed by atoms with van der Waals surface area (Å²) in [4.78, 5) is 24.5. The molecule has 0 saturated heterocycles. The van der Waals surface area contributed by atoms with E-state index >= 15 is 0 Å². The molecule has 0 aliphatic carbocycles. The molecule has 0 spiro atoms. The number of halogens is 1. The molecule has 0 aliphatic heterocycles. The number of ether oxygens (including phenoxy) is 1. The summed E-state index contributed by atoms with van der Waals surface area (Å²) in [5.41, 5.74) is 0.308. The first-order valence-corrected chi connectivity index (χ1v) is 7.88. The molecule has 0 radical (unpaired) electrons. The molecule has 0 fully saturated rings. The maximum absolute atomic E-state index is 13.1. The van der Waals surface area contributed by atoms with Gasteiger partial charge in [0.15, 0.2) is 5.69 Å². The number of esters is 1. The Balaban J connectivity index is 2.46. The number of unbranched alkanes of at least 4 members (excludes halogenated alkanes) is 1. The number of rotatable bonds is 7. The van der Waals surface area contributed by atoms with E-state index in [1.807, 2.05) is 6.92 Å². The van der Waals surface area contributed by atoms with E-state index in [0.717, 1.165) is 17.5 Å². The van der Waals surface area contributed by atoms with E-state index < -0.39 is 17.3 Å². The first-order valence-electron chi connectivity index (χ1n) is 7.88. The third-order valence-electron chi connectivity index (χ3n) is 3.32. The highest BCUT2D eigenvalue weighted by Gasteiger charge is 2.18. The van der Waals surface area contributed by atoms with Crippen LogP contribution in [0.4, 0.5) is 10.1 Å². The lowest BCUT2D eigenvalue weighted by atomic mass is 10.2. The highest BCUT2D eigenvalue weighted by molar-refractivity contribution is 5.93. The van der Waals surface area contributed by atoms with Crippen LogP contribution in [-0.4, -0.2) is 28.9 Å². The van der Waals surface area contributed by atoms with Crippen molar-refractivity contribution in [3.8, 4) is 5.69 Å². The number of nitrogens with zero attached hydrogens (tertiary/aromatic N) is 2. The van der Waals surface area contributed by atoms with Crippen molar-refractivity contribution in [2.45, 2.75) is 26.7 Å². The van der Waals surface area contributed by atoms with Gasteiger partial charge in [0.25, 0.3) is 5.56 Å². The number of aromatic nitrogens is 2. The Morgan fingerprint density at radius 1 is 1.29 bits per heavy atom. The lowest BCUT2D eigenvalue weighted by Crippen LogP contribution is -2.26. The van der Waals surface area contributed by atoms with E-state index in [4.69, 9.17) is 4.74 Å². The first-order chi connectivity index (χ1) is 11.6. The zero-order valence-electron chi connectivity index (χ0n) is 13.7. The summed E-state index contributed by atoms with van der Waals surface area (Å²) in [7, 11) is 0. The second-order valence-corrected chi connectivity index (χ2v) is 5.13. The number of nitrogens with one attached hydrogen (secondary N) is 1. The minimum absolute atomic E-state index is 0.0249. The van der Waals surface area contributed by atoms with E-state index in [0.29, 0.717) is 17.9 Å².